The summed E-state index contributed by atoms with van der Waals surface area (Å²) in [7, 11) is -0.637. The number of aromatic nitrogens is 3. The number of nitrogens with one attached hydrogen (secondary N) is 1. The molecule has 2 aromatic heterocycles. The molecule has 1 aliphatic heterocycles. The highest BCUT2D eigenvalue weighted by atomic mass is 31.2. The lowest BCUT2D eigenvalue weighted by atomic mass is 10.3. The summed E-state index contributed by atoms with van der Waals surface area (Å²) in [6, 6.07) is 5.86. The molecule has 1 aromatic carbocycles. The van der Waals surface area contributed by atoms with Crippen molar-refractivity contribution in [2.45, 2.75) is 32.6 Å². The molecule has 0 spiro atoms. The van der Waals surface area contributed by atoms with E-state index in [0.29, 0.717) is 11.6 Å². The van der Waals surface area contributed by atoms with Crippen molar-refractivity contribution >= 4 is 29.6 Å². The summed E-state index contributed by atoms with van der Waals surface area (Å²) in [6.07, 6.45) is 11.4. The zero-order valence-corrected chi connectivity index (χ0v) is 16.7. The normalized spacial score (nSPS) is 16.4. The fourth-order valence-corrected chi connectivity index (χ4v) is 6.63. The second-order valence-electron chi connectivity index (χ2n) is 7.01. The van der Waals surface area contributed by atoms with Crippen molar-refractivity contribution in [1.29, 1.82) is 0 Å². The van der Waals surface area contributed by atoms with Gasteiger partial charge in [-0.1, -0.05) is 13.3 Å². The summed E-state index contributed by atoms with van der Waals surface area (Å²) in [4.78, 5) is 8.81. The van der Waals surface area contributed by atoms with Gasteiger partial charge < -0.3 is 14.6 Å². The van der Waals surface area contributed by atoms with Crippen LogP contribution in [0.5, 0.6) is 5.75 Å². The number of hydrogen-bond acceptors (Lipinski definition) is 5. The first kappa shape index (κ1) is 18.1. The van der Waals surface area contributed by atoms with E-state index >= 15 is 0 Å². The molecule has 0 bridgehead atoms. The number of fused-ring (bicyclic) bond motifs is 1. The fraction of sp³-hybridized carbons (Fsp3) is 0.400. The fourth-order valence-electron chi connectivity index (χ4n) is 3.72. The third-order valence-corrected chi connectivity index (χ3v) is 8.59. The molecule has 7 heteroatoms. The molecule has 142 valence electrons. The van der Waals surface area contributed by atoms with Gasteiger partial charge >= 0.3 is 0 Å². The van der Waals surface area contributed by atoms with E-state index in [-0.39, 0.29) is 0 Å². The third kappa shape index (κ3) is 3.46. The van der Waals surface area contributed by atoms with Gasteiger partial charge in [-0.05, 0) is 37.5 Å². The summed E-state index contributed by atoms with van der Waals surface area (Å²) in [5.74, 6) is 1.40. The predicted molar refractivity (Wildman–Crippen MR) is 109 cm³/mol. The molecule has 0 aliphatic carbocycles. The summed E-state index contributed by atoms with van der Waals surface area (Å²) < 4.78 is 20.9. The average Bonchev–Trinajstić information content (AvgIpc) is 3.11. The molecule has 0 amide bonds. The average molecular weight is 384 g/mol. The Morgan fingerprint density at radius 3 is 2.74 bits per heavy atom. The highest BCUT2D eigenvalue weighted by Crippen LogP contribution is 2.50. The number of hydrogen-bond donors (Lipinski definition) is 1. The molecule has 1 saturated heterocycles. The van der Waals surface area contributed by atoms with Crippen molar-refractivity contribution in [3.05, 3.63) is 42.5 Å². The Balaban J connectivity index is 1.65. The van der Waals surface area contributed by atoms with Gasteiger partial charge in [0.15, 0.2) is 5.65 Å². The monoisotopic (exact) mass is 384 g/mol. The van der Waals surface area contributed by atoms with Crippen LogP contribution in [0.25, 0.3) is 5.65 Å². The number of nitrogens with zero attached hydrogens (tertiary/aromatic N) is 3. The second-order valence-corrected chi connectivity index (χ2v) is 10.2. The molecule has 4 rings (SSSR count). The maximum absolute atomic E-state index is 13.3. The van der Waals surface area contributed by atoms with E-state index in [1.807, 2.05) is 35.0 Å². The van der Waals surface area contributed by atoms with Crippen molar-refractivity contribution in [3.63, 3.8) is 0 Å². The number of aryl methyl sites for hydroxylation is 1. The lowest BCUT2D eigenvalue weighted by Gasteiger charge is -2.24. The predicted octanol–water partition coefficient (Wildman–Crippen LogP) is 4.22. The van der Waals surface area contributed by atoms with Crippen LogP contribution in [0.3, 0.4) is 0 Å². The topological polar surface area (TPSA) is 68.5 Å². The van der Waals surface area contributed by atoms with Gasteiger partial charge in [-0.15, -0.1) is 0 Å². The molecule has 0 saturated carbocycles. The Bertz CT molecular complexity index is 1000. The van der Waals surface area contributed by atoms with Gasteiger partial charge in [-0.3, -0.25) is 4.40 Å². The number of benzene rings is 1. The van der Waals surface area contributed by atoms with Crippen LogP contribution in [0.2, 0.25) is 0 Å². The molecule has 1 aliphatic rings. The lowest BCUT2D eigenvalue weighted by molar-refractivity contribution is 0.417. The van der Waals surface area contributed by atoms with Crippen LogP contribution in [0.15, 0.2) is 36.8 Å². The molecular formula is C20H25N4O2P. The molecule has 6 nitrogen and oxygen atoms in total. The Labute approximate surface area is 159 Å². The number of anilines is 2. The van der Waals surface area contributed by atoms with E-state index in [9.17, 15) is 4.57 Å². The van der Waals surface area contributed by atoms with Crippen LogP contribution in [-0.4, -0.2) is 33.8 Å². The molecule has 3 aromatic rings. The van der Waals surface area contributed by atoms with Gasteiger partial charge in [-0.25, -0.2) is 9.97 Å². The maximum atomic E-state index is 13.3. The Hall–Kier alpha value is -2.33. The minimum atomic E-state index is -2.28. The Kier molecular flexibility index (Phi) is 4.92. The van der Waals surface area contributed by atoms with E-state index in [4.69, 9.17) is 4.74 Å². The van der Waals surface area contributed by atoms with Gasteiger partial charge in [0.05, 0.1) is 25.2 Å². The van der Waals surface area contributed by atoms with Crippen molar-refractivity contribution in [1.82, 2.24) is 14.4 Å². The van der Waals surface area contributed by atoms with Crippen LogP contribution in [0.1, 0.15) is 31.9 Å². The highest BCUT2D eigenvalue weighted by Gasteiger charge is 2.27. The Morgan fingerprint density at radius 2 is 2.00 bits per heavy atom. The molecule has 1 fully saturated rings. The lowest BCUT2D eigenvalue weighted by Crippen LogP contribution is -2.15. The zero-order valence-electron chi connectivity index (χ0n) is 15.8. The van der Waals surface area contributed by atoms with Crippen LogP contribution >= 0.6 is 7.14 Å². The molecule has 1 N–H and O–H groups in total. The van der Waals surface area contributed by atoms with Gasteiger partial charge in [-0.2, -0.15) is 0 Å². The molecular weight excluding hydrogens is 359 g/mol. The highest BCUT2D eigenvalue weighted by molar-refractivity contribution is 7.71. The molecule has 27 heavy (non-hydrogen) atoms. The van der Waals surface area contributed by atoms with Crippen molar-refractivity contribution in [2.75, 3.05) is 24.8 Å². The van der Waals surface area contributed by atoms with Gasteiger partial charge in [0.1, 0.15) is 18.7 Å². The zero-order chi connectivity index (χ0) is 18.9. The minimum absolute atomic E-state index is 0.691. The van der Waals surface area contributed by atoms with Crippen molar-refractivity contribution in [2.24, 2.45) is 0 Å². The van der Waals surface area contributed by atoms with Gasteiger partial charge in [0, 0.05) is 29.5 Å². The van der Waals surface area contributed by atoms with Gasteiger partial charge in [0.2, 0.25) is 0 Å². The first-order valence-corrected chi connectivity index (χ1v) is 11.6. The second kappa shape index (κ2) is 7.35. The number of imidazole rings is 1. The summed E-state index contributed by atoms with van der Waals surface area (Å²) in [5, 5.41) is 4.25. The van der Waals surface area contributed by atoms with E-state index < -0.39 is 7.14 Å². The molecule has 0 radical (unpaired) electrons. The quantitative estimate of drug-likeness (QED) is 0.667. The first-order chi connectivity index (χ1) is 13.1. The SMILES string of the molecule is CCc1cnc2cnc(Nc3ccc(P4(=O)CCCCC4)cc3OC)cn12. The van der Waals surface area contributed by atoms with E-state index in [1.54, 1.807) is 13.3 Å². The number of methoxy groups -OCH3 is 1. The van der Waals surface area contributed by atoms with Gasteiger partial charge in [0.25, 0.3) is 0 Å². The largest absolute Gasteiger partial charge is 0.495 e. The Morgan fingerprint density at radius 1 is 1.19 bits per heavy atom. The van der Waals surface area contributed by atoms with Crippen LogP contribution in [-0.2, 0) is 11.0 Å². The number of ether oxygens (including phenoxy) is 1. The minimum Gasteiger partial charge on any atom is -0.495 e. The van der Waals surface area contributed by atoms with Crippen LogP contribution in [0.4, 0.5) is 11.5 Å². The smallest absolute Gasteiger partial charge is 0.155 e. The summed E-state index contributed by atoms with van der Waals surface area (Å²) in [5.41, 5.74) is 2.78. The van der Waals surface area contributed by atoms with Crippen molar-refractivity contribution < 1.29 is 9.30 Å². The molecule has 3 heterocycles. The van der Waals surface area contributed by atoms with E-state index in [0.717, 1.165) is 53.9 Å². The molecule has 0 unspecified atom stereocenters. The van der Waals surface area contributed by atoms with Crippen molar-refractivity contribution in [3.8, 4) is 5.75 Å². The summed E-state index contributed by atoms with van der Waals surface area (Å²) in [6.45, 7) is 2.10. The van der Waals surface area contributed by atoms with Crippen LogP contribution in [0, 0.1) is 0 Å². The first-order valence-electron chi connectivity index (χ1n) is 9.48. The van der Waals surface area contributed by atoms with Crippen LogP contribution < -0.4 is 15.4 Å². The maximum Gasteiger partial charge on any atom is 0.155 e. The van der Waals surface area contributed by atoms with E-state index in [1.165, 1.54) is 6.42 Å². The van der Waals surface area contributed by atoms with E-state index in [2.05, 4.69) is 22.2 Å². The summed E-state index contributed by atoms with van der Waals surface area (Å²) >= 11 is 0. The third-order valence-electron chi connectivity index (χ3n) is 5.29. The molecule has 0 atom stereocenters. The number of rotatable bonds is 5. The standard InChI is InChI=1S/C20H25N4O2P/c1-3-15-12-22-20-13-21-19(14-24(15)20)23-17-8-7-16(11-18(17)26-2)27(25)9-5-4-6-10-27/h7-8,11-14,23H,3-6,9-10H2,1-2H3.